The van der Waals surface area contributed by atoms with Crippen LogP contribution in [-0.4, -0.2) is 44.8 Å². The van der Waals surface area contributed by atoms with Gasteiger partial charge in [-0.1, -0.05) is 26.0 Å². The SMILES string of the molecule is CCN(CC)CCOc1ccc2c(c1)CCNC2c1cc(C)cc(OC)c1. The molecule has 0 saturated heterocycles. The highest BCUT2D eigenvalue weighted by Gasteiger charge is 2.22. The van der Waals surface area contributed by atoms with Gasteiger partial charge in [-0.25, -0.2) is 0 Å². The van der Waals surface area contributed by atoms with E-state index < -0.39 is 0 Å². The van der Waals surface area contributed by atoms with E-state index in [0.29, 0.717) is 0 Å². The Morgan fingerprint density at radius 3 is 2.63 bits per heavy atom. The lowest BCUT2D eigenvalue weighted by Gasteiger charge is -2.28. The molecule has 0 spiro atoms. The molecular formula is C23H32N2O2. The van der Waals surface area contributed by atoms with Gasteiger partial charge >= 0.3 is 0 Å². The Balaban J connectivity index is 1.76. The molecule has 0 aliphatic carbocycles. The minimum Gasteiger partial charge on any atom is -0.497 e. The van der Waals surface area contributed by atoms with Gasteiger partial charge in [-0.3, -0.25) is 0 Å². The Morgan fingerprint density at radius 1 is 1.07 bits per heavy atom. The third-order valence-electron chi connectivity index (χ3n) is 5.38. The minimum absolute atomic E-state index is 0.201. The molecule has 1 N–H and O–H groups in total. The van der Waals surface area contributed by atoms with Gasteiger partial charge in [0.05, 0.1) is 13.2 Å². The van der Waals surface area contributed by atoms with Gasteiger partial charge in [-0.15, -0.1) is 0 Å². The second-order valence-corrected chi connectivity index (χ2v) is 7.16. The van der Waals surface area contributed by atoms with Crippen molar-refractivity contribution in [1.82, 2.24) is 10.2 Å². The molecule has 0 radical (unpaired) electrons. The van der Waals surface area contributed by atoms with Crippen molar-refractivity contribution in [2.45, 2.75) is 33.2 Å². The zero-order chi connectivity index (χ0) is 19.2. The molecule has 1 unspecified atom stereocenters. The number of ether oxygens (including phenoxy) is 2. The van der Waals surface area contributed by atoms with Crippen LogP contribution in [0.2, 0.25) is 0 Å². The summed E-state index contributed by atoms with van der Waals surface area (Å²) in [6.07, 6.45) is 1.03. The third kappa shape index (κ3) is 4.82. The van der Waals surface area contributed by atoms with Crippen LogP contribution in [0.25, 0.3) is 0 Å². The zero-order valence-corrected chi connectivity index (χ0v) is 17.0. The van der Waals surface area contributed by atoms with Gasteiger partial charge in [0.15, 0.2) is 0 Å². The maximum atomic E-state index is 6.02. The first-order valence-corrected chi connectivity index (χ1v) is 10.0. The van der Waals surface area contributed by atoms with Crippen LogP contribution in [0.15, 0.2) is 36.4 Å². The van der Waals surface area contributed by atoms with E-state index in [2.05, 4.69) is 67.4 Å². The number of hydrogen-bond donors (Lipinski definition) is 1. The van der Waals surface area contributed by atoms with E-state index in [9.17, 15) is 0 Å². The van der Waals surface area contributed by atoms with Crippen molar-refractivity contribution in [3.8, 4) is 11.5 Å². The fourth-order valence-corrected chi connectivity index (χ4v) is 3.82. The standard InChI is InChI=1S/C23H32N2O2/c1-5-25(6-2)11-12-27-20-7-8-22-18(15-20)9-10-24-23(22)19-13-17(3)14-21(16-19)26-4/h7-8,13-16,23-24H,5-6,9-12H2,1-4H3. The number of fused-ring (bicyclic) bond motifs is 1. The van der Waals surface area contributed by atoms with Crippen LogP contribution in [0.5, 0.6) is 11.5 Å². The summed E-state index contributed by atoms with van der Waals surface area (Å²) >= 11 is 0. The Morgan fingerprint density at radius 2 is 1.89 bits per heavy atom. The van der Waals surface area contributed by atoms with Gasteiger partial charge in [0.25, 0.3) is 0 Å². The Labute approximate surface area is 163 Å². The van der Waals surface area contributed by atoms with Crippen molar-refractivity contribution in [2.24, 2.45) is 0 Å². The minimum atomic E-state index is 0.201. The maximum Gasteiger partial charge on any atom is 0.119 e. The van der Waals surface area contributed by atoms with Gasteiger partial charge < -0.3 is 19.7 Å². The molecular weight excluding hydrogens is 336 g/mol. The van der Waals surface area contributed by atoms with E-state index in [1.807, 2.05) is 0 Å². The van der Waals surface area contributed by atoms with E-state index in [-0.39, 0.29) is 6.04 Å². The van der Waals surface area contributed by atoms with Crippen LogP contribution in [-0.2, 0) is 6.42 Å². The highest BCUT2D eigenvalue weighted by Crippen LogP contribution is 2.33. The fraction of sp³-hybridized carbons (Fsp3) is 0.478. The van der Waals surface area contributed by atoms with E-state index in [4.69, 9.17) is 9.47 Å². The molecule has 4 heteroatoms. The molecule has 0 saturated carbocycles. The monoisotopic (exact) mass is 368 g/mol. The normalized spacial score (nSPS) is 16.3. The molecule has 146 valence electrons. The van der Waals surface area contributed by atoms with Crippen molar-refractivity contribution < 1.29 is 9.47 Å². The van der Waals surface area contributed by atoms with Crippen molar-refractivity contribution in [1.29, 1.82) is 0 Å². The smallest absolute Gasteiger partial charge is 0.119 e. The Kier molecular flexibility index (Phi) is 6.75. The molecule has 1 aliphatic rings. The number of aryl methyl sites for hydroxylation is 1. The second kappa shape index (κ2) is 9.25. The first kappa shape index (κ1) is 19.7. The highest BCUT2D eigenvalue weighted by atomic mass is 16.5. The summed E-state index contributed by atoms with van der Waals surface area (Å²) in [5.41, 5.74) is 5.18. The number of rotatable bonds is 8. The number of nitrogens with zero attached hydrogens (tertiary/aromatic N) is 1. The van der Waals surface area contributed by atoms with Crippen LogP contribution in [0, 0.1) is 6.92 Å². The lowest BCUT2D eigenvalue weighted by atomic mass is 9.89. The number of nitrogens with one attached hydrogen (secondary N) is 1. The molecule has 2 aromatic rings. The molecule has 0 bridgehead atoms. The van der Waals surface area contributed by atoms with Crippen LogP contribution < -0.4 is 14.8 Å². The first-order chi connectivity index (χ1) is 13.1. The average Bonchev–Trinajstić information content (AvgIpc) is 2.70. The van der Waals surface area contributed by atoms with Crippen molar-refractivity contribution in [3.05, 3.63) is 58.7 Å². The molecule has 1 atom stereocenters. The predicted molar refractivity (Wildman–Crippen MR) is 111 cm³/mol. The summed E-state index contributed by atoms with van der Waals surface area (Å²) in [7, 11) is 1.72. The van der Waals surface area contributed by atoms with Gasteiger partial charge in [-0.05, 0) is 73.0 Å². The van der Waals surface area contributed by atoms with Gasteiger partial charge in [0.2, 0.25) is 0 Å². The van der Waals surface area contributed by atoms with E-state index in [1.54, 1.807) is 7.11 Å². The second-order valence-electron chi connectivity index (χ2n) is 7.16. The fourth-order valence-electron chi connectivity index (χ4n) is 3.82. The summed E-state index contributed by atoms with van der Waals surface area (Å²) in [6.45, 7) is 11.3. The van der Waals surface area contributed by atoms with Gasteiger partial charge in [0, 0.05) is 13.1 Å². The Hall–Kier alpha value is -2.04. The van der Waals surface area contributed by atoms with Crippen LogP contribution in [0.4, 0.5) is 0 Å². The van der Waals surface area contributed by atoms with Gasteiger partial charge in [0.1, 0.15) is 18.1 Å². The summed E-state index contributed by atoms with van der Waals surface area (Å²) in [5, 5.41) is 3.66. The first-order valence-electron chi connectivity index (χ1n) is 10.0. The molecule has 0 aromatic heterocycles. The van der Waals surface area contributed by atoms with Gasteiger partial charge in [-0.2, -0.15) is 0 Å². The average molecular weight is 369 g/mol. The van der Waals surface area contributed by atoms with E-state index in [0.717, 1.165) is 50.7 Å². The molecule has 1 heterocycles. The summed E-state index contributed by atoms with van der Waals surface area (Å²) in [5.74, 6) is 1.89. The molecule has 3 rings (SSSR count). The highest BCUT2D eigenvalue weighted by molar-refractivity contribution is 5.46. The van der Waals surface area contributed by atoms with Crippen LogP contribution >= 0.6 is 0 Å². The summed E-state index contributed by atoms with van der Waals surface area (Å²) in [6, 6.07) is 13.2. The third-order valence-corrected chi connectivity index (χ3v) is 5.38. The topological polar surface area (TPSA) is 33.7 Å². The van der Waals surface area contributed by atoms with Crippen molar-refractivity contribution in [2.75, 3.05) is 39.9 Å². The maximum absolute atomic E-state index is 6.02. The molecule has 1 aliphatic heterocycles. The molecule has 4 nitrogen and oxygen atoms in total. The molecule has 2 aromatic carbocycles. The molecule has 0 amide bonds. The van der Waals surface area contributed by atoms with Crippen molar-refractivity contribution in [3.63, 3.8) is 0 Å². The number of likely N-dealkylation sites (N-methyl/N-ethyl adjacent to an activating group) is 1. The molecule has 0 fully saturated rings. The zero-order valence-electron chi connectivity index (χ0n) is 17.0. The number of benzene rings is 2. The quantitative estimate of drug-likeness (QED) is 0.765. The summed E-state index contributed by atoms with van der Waals surface area (Å²) < 4.78 is 11.5. The number of hydrogen-bond acceptors (Lipinski definition) is 4. The molecule has 27 heavy (non-hydrogen) atoms. The largest absolute Gasteiger partial charge is 0.497 e. The van der Waals surface area contributed by atoms with Crippen LogP contribution in [0.1, 0.15) is 42.1 Å². The summed E-state index contributed by atoms with van der Waals surface area (Å²) in [4.78, 5) is 2.38. The predicted octanol–water partition coefficient (Wildman–Crippen LogP) is 3.96. The van der Waals surface area contributed by atoms with E-state index in [1.165, 1.54) is 22.3 Å². The lowest BCUT2D eigenvalue weighted by molar-refractivity contribution is 0.222. The number of methoxy groups -OCH3 is 1. The Bertz CT molecular complexity index is 756. The van der Waals surface area contributed by atoms with Crippen molar-refractivity contribution >= 4 is 0 Å². The lowest BCUT2D eigenvalue weighted by Crippen LogP contribution is -2.30. The van der Waals surface area contributed by atoms with E-state index >= 15 is 0 Å². The van der Waals surface area contributed by atoms with Crippen LogP contribution in [0.3, 0.4) is 0 Å².